The van der Waals surface area contributed by atoms with E-state index in [2.05, 4.69) is 30.7 Å². The van der Waals surface area contributed by atoms with Crippen molar-refractivity contribution in [2.45, 2.75) is 46.6 Å². The third kappa shape index (κ3) is 5.45. The average molecular weight is 449 g/mol. The lowest BCUT2D eigenvalue weighted by atomic mass is 9.88. The van der Waals surface area contributed by atoms with Crippen LogP contribution in [0.15, 0.2) is 52.9 Å². The predicted molar refractivity (Wildman–Crippen MR) is 127 cm³/mol. The summed E-state index contributed by atoms with van der Waals surface area (Å²) in [7, 11) is 0. The molecule has 0 saturated carbocycles. The minimum absolute atomic E-state index is 0.0212. The molecule has 174 valence electrons. The molecule has 1 aliphatic heterocycles. The van der Waals surface area contributed by atoms with Gasteiger partial charge in [-0.25, -0.2) is 4.98 Å². The number of carbonyl (C=O) groups is 1. The number of carboxylic acid groups (broad SMARTS) is 1. The van der Waals surface area contributed by atoms with Gasteiger partial charge in [-0.2, -0.15) is 0 Å². The molecule has 0 bridgehead atoms. The zero-order chi connectivity index (χ0) is 23.6. The fourth-order valence-corrected chi connectivity index (χ4v) is 4.43. The van der Waals surface area contributed by atoms with E-state index in [9.17, 15) is 9.90 Å². The Morgan fingerprint density at radius 1 is 1.21 bits per heavy atom. The summed E-state index contributed by atoms with van der Waals surface area (Å²) in [6, 6.07) is 15.0. The van der Waals surface area contributed by atoms with E-state index in [1.165, 1.54) is 0 Å². The van der Waals surface area contributed by atoms with Gasteiger partial charge < -0.3 is 14.3 Å². The molecule has 1 aromatic heterocycles. The van der Waals surface area contributed by atoms with Crippen LogP contribution in [-0.2, 0) is 17.6 Å². The quantitative estimate of drug-likeness (QED) is 0.528. The first kappa shape index (κ1) is 23.1. The summed E-state index contributed by atoms with van der Waals surface area (Å²) in [5.41, 5.74) is 3.75. The van der Waals surface area contributed by atoms with Gasteiger partial charge in [-0.1, -0.05) is 45.0 Å². The summed E-state index contributed by atoms with van der Waals surface area (Å²) in [6.45, 7) is 10.2. The van der Waals surface area contributed by atoms with Crippen molar-refractivity contribution in [3.8, 4) is 17.2 Å². The van der Waals surface area contributed by atoms with Crippen LogP contribution in [0.25, 0.3) is 11.5 Å². The zero-order valence-corrected chi connectivity index (χ0v) is 19.8. The van der Waals surface area contributed by atoms with E-state index in [4.69, 9.17) is 9.15 Å². The lowest BCUT2D eigenvalue weighted by molar-refractivity contribution is -0.144. The number of fused-ring (bicyclic) bond motifs is 1. The van der Waals surface area contributed by atoms with Crippen LogP contribution in [0.1, 0.15) is 49.4 Å². The standard InChI is InChI=1S/C27H32N2O4/c1-18-23(28-25(33-18)20-8-6-5-7-9-20)13-15-32-21-11-10-19-12-14-29(17-27(2,3)4)24(26(30)31)22(19)16-21/h5-11,16,24H,12-15,17H2,1-4H3,(H,30,31). The van der Waals surface area contributed by atoms with Gasteiger partial charge in [-0.3, -0.25) is 9.69 Å². The first-order chi connectivity index (χ1) is 15.7. The maximum Gasteiger partial charge on any atom is 0.325 e. The van der Waals surface area contributed by atoms with Crippen LogP contribution in [0.5, 0.6) is 5.75 Å². The molecule has 1 aliphatic rings. The number of rotatable bonds is 7. The minimum Gasteiger partial charge on any atom is -0.493 e. The summed E-state index contributed by atoms with van der Waals surface area (Å²) in [5, 5.41) is 9.99. The second-order valence-corrected chi connectivity index (χ2v) is 9.87. The molecule has 1 atom stereocenters. The number of nitrogens with zero attached hydrogens (tertiary/aromatic N) is 2. The Morgan fingerprint density at radius 2 is 1.97 bits per heavy atom. The Hall–Kier alpha value is -3.12. The molecule has 0 amide bonds. The summed E-state index contributed by atoms with van der Waals surface area (Å²) in [5.74, 6) is 1.26. The SMILES string of the molecule is Cc1oc(-c2ccccc2)nc1CCOc1ccc2c(c1)C(C(=O)O)N(CC(C)(C)C)CC2. The predicted octanol–water partition coefficient (Wildman–Crippen LogP) is 5.30. The molecule has 0 aliphatic carbocycles. The topological polar surface area (TPSA) is 75.8 Å². The van der Waals surface area contributed by atoms with Crippen LogP contribution in [0.2, 0.25) is 0 Å². The van der Waals surface area contributed by atoms with Crippen molar-refractivity contribution in [2.24, 2.45) is 5.41 Å². The van der Waals surface area contributed by atoms with Crippen molar-refractivity contribution in [1.82, 2.24) is 9.88 Å². The number of aliphatic carboxylic acids is 1. The summed E-state index contributed by atoms with van der Waals surface area (Å²) < 4.78 is 11.8. The van der Waals surface area contributed by atoms with Gasteiger partial charge in [0.05, 0.1) is 12.3 Å². The molecule has 2 heterocycles. The number of ether oxygens (including phenoxy) is 1. The first-order valence-electron chi connectivity index (χ1n) is 11.5. The fourth-order valence-electron chi connectivity index (χ4n) is 4.43. The molecule has 0 spiro atoms. The van der Waals surface area contributed by atoms with Crippen molar-refractivity contribution in [3.05, 3.63) is 71.1 Å². The molecule has 4 rings (SSSR count). The van der Waals surface area contributed by atoms with Crippen molar-refractivity contribution in [2.75, 3.05) is 19.7 Å². The largest absolute Gasteiger partial charge is 0.493 e. The molecule has 3 aromatic rings. The van der Waals surface area contributed by atoms with Crippen LogP contribution in [0.3, 0.4) is 0 Å². The van der Waals surface area contributed by atoms with Gasteiger partial charge in [-0.05, 0) is 54.2 Å². The van der Waals surface area contributed by atoms with Gasteiger partial charge in [-0.15, -0.1) is 0 Å². The first-order valence-corrected chi connectivity index (χ1v) is 11.5. The highest BCUT2D eigenvalue weighted by Crippen LogP contribution is 2.35. The van der Waals surface area contributed by atoms with E-state index >= 15 is 0 Å². The Labute approximate surface area is 195 Å². The van der Waals surface area contributed by atoms with Crippen molar-refractivity contribution >= 4 is 5.97 Å². The molecule has 1 unspecified atom stereocenters. The highest BCUT2D eigenvalue weighted by atomic mass is 16.5. The molecule has 2 aromatic carbocycles. The summed E-state index contributed by atoms with van der Waals surface area (Å²) >= 11 is 0. The molecule has 0 radical (unpaired) electrons. The number of benzene rings is 2. The van der Waals surface area contributed by atoms with Crippen molar-refractivity contribution in [3.63, 3.8) is 0 Å². The number of carboxylic acids is 1. The lowest BCUT2D eigenvalue weighted by Crippen LogP contribution is -2.43. The van der Waals surface area contributed by atoms with Crippen molar-refractivity contribution < 1.29 is 19.1 Å². The maximum atomic E-state index is 12.2. The maximum absolute atomic E-state index is 12.2. The highest BCUT2D eigenvalue weighted by molar-refractivity contribution is 5.77. The molecule has 6 nitrogen and oxygen atoms in total. The number of hydrogen-bond donors (Lipinski definition) is 1. The van der Waals surface area contributed by atoms with Crippen LogP contribution >= 0.6 is 0 Å². The fraction of sp³-hybridized carbons (Fsp3) is 0.407. The van der Waals surface area contributed by atoms with E-state index in [1.807, 2.05) is 55.5 Å². The van der Waals surface area contributed by atoms with E-state index < -0.39 is 12.0 Å². The number of aryl methyl sites for hydroxylation is 1. The second kappa shape index (κ2) is 9.40. The normalized spacial score (nSPS) is 16.4. The van der Waals surface area contributed by atoms with E-state index in [0.29, 0.717) is 24.7 Å². The van der Waals surface area contributed by atoms with Gasteiger partial charge in [0.2, 0.25) is 5.89 Å². The average Bonchev–Trinajstić information content (AvgIpc) is 3.13. The van der Waals surface area contributed by atoms with Crippen LogP contribution < -0.4 is 4.74 Å². The Kier molecular flexibility index (Phi) is 6.56. The Balaban J connectivity index is 1.46. The lowest BCUT2D eigenvalue weighted by Gasteiger charge is -2.38. The summed E-state index contributed by atoms with van der Waals surface area (Å²) in [6.07, 6.45) is 1.45. The Morgan fingerprint density at radius 3 is 2.67 bits per heavy atom. The van der Waals surface area contributed by atoms with E-state index in [0.717, 1.165) is 47.7 Å². The van der Waals surface area contributed by atoms with Gasteiger partial charge in [0.1, 0.15) is 17.6 Å². The van der Waals surface area contributed by atoms with Crippen LogP contribution in [0.4, 0.5) is 0 Å². The van der Waals surface area contributed by atoms with E-state index in [-0.39, 0.29) is 5.41 Å². The molecule has 33 heavy (non-hydrogen) atoms. The van der Waals surface area contributed by atoms with E-state index in [1.54, 1.807) is 0 Å². The zero-order valence-electron chi connectivity index (χ0n) is 19.8. The molecular weight excluding hydrogens is 416 g/mol. The molecule has 6 heteroatoms. The van der Waals surface area contributed by atoms with Gasteiger partial charge in [0.15, 0.2) is 0 Å². The minimum atomic E-state index is -0.816. The van der Waals surface area contributed by atoms with Gasteiger partial charge in [0, 0.05) is 25.1 Å². The molecule has 0 saturated heterocycles. The highest BCUT2D eigenvalue weighted by Gasteiger charge is 2.35. The number of oxazole rings is 1. The molecule has 1 N–H and O–H groups in total. The Bertz CT molecular complexity index is 1110. The molecule has 0 fully saturated rings. The third-order valence-corrected chi connectivity index (χ3v) is 5.88. The number of aromatic nitrogens is 1. The monoisotopic (exact) mass is 448 g/mol. The second-order valence-electron chi connectivity index (χ2n) is 9.87. The number of hydrogen-bond acceptors (Lipinski definition) is 5. The smallest absolute Gasteiger partial charge is 0.325 e. The molecular formula is C27H32N2O4. The summed E-state index contributed by atoms with van der Waals surface area (Å²) in [4.78, 5) is 18.9. The third-order valence-electron chi connectivity index (χ3n) is 5.88. The van der Waals surface area contributed by atoms with Crippen LogP contribution in [0, 0.1) is 12.3 Å². The van der Waals surface area contributed by atoms with Crippen molar-refractivity contribution in [1.29, 1.82) is 0 Å². The van der Waals surface area contributed by atoms with Gasteiger partial charge in [0.25, 0.3) is 0 Å². The van der Waals surface area contributed by atoms with Gasteiger partial charge >= 0.3 is 5.97 Å². The van der Waals surface area contributed by atoms with Crippen LogP contribution in [-0.4, -0.2) is 40.7 Å².